The molecule has 0 spiro atoms. The van der Waals surface area contributed by atoms with Gasteiger partial charge in [0.25, 0.3) is 0 Å². The topological polar surface area (TPSA) is 56.7 Å². The molecule has 5 nitrogen and oxygen atoms in total. The maximum atomic E-state index is 6.46. The van der Waals surface area contributed by atoms with Gasteiger partial charge in [0.15, 0.2) is 0 Å². The van der Waals surface area contributed by atoms with E-state index in [-0.39, 0.29) is 20.1 Å². The van der Waals surface area contributed by atoms with Crippen molar-refractivity contribution in [1.82, 2.24) is 19.5 Å². The van der Waals surface area contributed by atoms with E-state index in [1.807, 2.05) is 36.7 Å². The number of para-hydroxylation sites is 2. The van der Waals surface area contributed by atoms with E-state index in [1.54, 1.807) is 0 Å². The molecule has 0 aliphatic heterocycles. The van der Waals surface area contributed by atoms with E-state index < -0.39 is 13.3 Å². The van der Waals surface area contributed by atoms with Gasteiger partial charge in [-0.3, -0.25) is 9.97 Å². The van der Waals surface area contributed by atoms with Crippen molar-refractivity contribution in [2.24, 2.45) is 0 Å². The summed E-state index contributed by atoms with van der Waals surface area (Å²) in [6.07, 6.45) is 3.87. The molecule has 305 valence electrons. The average Bonchev–Trinajstić information content (AvgIpc) is 3.81. The number of rotatable bonds is 8. The predicted molar refractivity (Wildman–Crippen MR) is 249 cm³/mol. The van der Waals surface area contributed by atoms with Gasteiger partial charge in [0.1, 0.15) is 5.58 Å². The van der Waals surface area contributed by atoms with E-state index in [2.05, 4.69) is 176 Å². The summed E-state index contributed by atoms with van der Waals surface area (Å²) < 4.78 is 10.3. The summed E-state index contributed by atoms with van der Waals surface area (Å²) in [5, 5.41) is 1.02. The Kier molecular flexibility index (Phi) is 12.8. The molecule has 4 heterocycles. The van der Waals surface area contributed by atoms with Crippen LogP contribution in [0.1, 0.15) is 67.3 Å². The average molecular weight is 1030 g/mol. The van der Waals surface area contributed by atoms with Crippen molar-refractivity contribution in [3.8, 4) is 33.8 Å². The smallest absolute Gasteiger partial charge is 0.139 e. The first kappa shape index (κ1) is 43.0. The number of aryl methyl sites for hydroxylation is 2. The monoisotopic (exact) mass is 1030 g/mol. The number of nitrogens with zero attached hydrogens (tertiary/aromatic N) is 4. The standard InChI is InChI=1S/C38H34N3O.C15H18GeN.Ir/c1-23(2)29-20-27(26-12-7-6-8-13-26)21-30(24(3)4)31(29)22-41-33-15-10-9-14-32(33)40-38(41)28-18-17-25(5)35-36-34(42-37(28)35)16-11-19-39-36;1-12-5-7-13(8-6-12)15-10-9-14(11-17-15)16(2,3)4;/h6-17,19-21,23-24H,22H2,1-5H3;5-7,9-11H,1-4H3;/q2*-1;. The molecule has 0 fully saturated rings. The Bertz CT molecular complexity index is 2880. The molecule has 60 heavy (non-hydrogen) atoms. The molecule has 0 unspecified atom stereocenters. The van der Waals surface area contributed by atoms with Gasteiger partial charge in [-0.1, -0.05) is 94.8 Å². The van der Waals surface area contributed by atoms with Crippen LogP contribution in [-0.4, -0.2) is 32.8 Å². The first-order valence-corrected chi connectivity index (χ1v) is 28.0. The second kappa shape index (κ2) is 17.8. The summed E-state index contributed by atoms with van der Waals surface area (Å²) in [6.45, 7) is 14.0. The fraction of sp³-hybridized carbons (Fsp3) is 0.226. The molecule has 0 N–H and O–H groups in total. The van der Waals surface area contributed by atoms with E-state index in [4.69, 9.17) is 9.40 Å². The van der Waals surface area contributed by atoms with E-state index in [0.29, 0.717) is 18.4 Å². The van der Waals surface area contributed by atoms with Gasteiger partial charge in [-0.25, -0.2) is 0 Å². The number of hydrogen-bond donors (Lipinski definition) is 0. The number of fused-ring (bicyclic) bond motifs is 4. The molecule has 9 rings (SSSR count). The van der Waals surface area contributed by atoms with E-state index in [9.17, 15) is 0 Å². The van der Waals surface area contributed by atoms with Crippen LogP contribution in [0, 0.1) is 26.0 Å². The van der Waals surface area contributed by atoms with Crippen molar-refractivity contribution in [1.29, 1.82) is 0 Å². The number of furan rings is 1. The minimum Gasteiger partial charge on any atom is -0.499 e. The van der Waals surface area contributed by atoms with Gasteiger partial charge in [0, 0.05) is 32.8 Å². The van der Waals surface area contributed by atoms with E-state index >= 15 is 0 Å². The van der Waals surface area contributed by atoms with Crippen molar-refractivity contribution < 1.29 is 24.5 Å². The van der Waals surface area contributed by atoms with Crippen LogP contribution >= 0.6 is 0 Å². The van der Waals surface area contributed by atoms with Crippen molar-refractivity contribution in [3.63, 3.8) is 0 Å². The Morgan fingerprint density at radius 1 is 0.733 bits per heavy atom. The van der Waals surface area contributed by atoms with E-state index in [1.165, 1.54) is 37.8 Å². The molecular weight excluding hydrogens is 973 g/mol. The van der Waals surface area contributed by atoms with Crippen LogP contribution in [0.25, 0.3) is 66.9 Å². The zero-order chi connectivity index (χ0) is 41.4. The van der Waals surface area contributed by atoms with Crippen molar-refractivity contribution in [2.75, 3.05) is 0 Å². The molecule has 0 saturated carbocycles. The van der Waals surface area contributed by atoms with Gasteiger partial charge in [0.2, 0.25) is 0 Å². The molecule has 9 aromatic rings. The second-order valence-corrected chi connectivity index (χ2v) is 27.9. The van der Waals surface area contributed by atoms with Gasteiger partial charge in [0.05, 0.1) is 28.0 Å². The molecular formula is C53H52GeIrN4O-2. The number of aromatic nitrogens is 4. The fourth-order valence-electron chi connectivity index (χ4n) is 7.93. The molecule has 7 heteroatoms. The summed E-state index contributed by atoms with van der Waals surface area (Å²) in [6, 6.07) is 47.2. The normalized spacial score (nSPS) is 11.7. The molecule has 1 radical (unpaired) electrons. The quantitative estimate of drug-likeness (QED) is 0.112. The molecule has 4 aromatic heterocycles. The van der Waals surface area contributed by atoms with Crippen LogP contribution in [0.3, 0.4) is 0 Å². The Balaban J connectivity index is 0.000000255. The van der Waals surface area contributed by atoms with Gasteiger partial charge in [-0.05, 0) is 69.3 Å². The van der Waals surface area contributed by atoms with Crippen LogP contribution in [-0.2, 0) is 26.7 Å². The molecule has 0 amide bonds. The first-order valence-electron chi connectivity index (χ1n) is 20.7. The first-order chi connectivity index (χ1) is 28.4. The van der Waals surface area contributed by atoms with Crippen molar-refractivity contribution in [3.05, 3.63) is 168 Å². The third kappa shape index (κ3) is 8.70. The molecule has 0 bridgehead atoms. The van der Waals surface area contributed by atoms with Gasteiger partial charge < -0.3 is 8.98 Å². The molecule has 0 aliphatic rings. The Hall–Kier alpha value is -5.14. The molecule has 0 aliphatic carbocycles. The number of imidazole rings is 1. The van der Waals surface area contributed by atoms with Crippen LogP contribution in [0.15, 0.2) is 132 Å². The largest absolute Gasteiger partial charge is 0.499 e. The van der Waals surface area contributed by atoms with Gasteiger partial charge in [-0.15, -0.1) is 17.7 Å². The Morgan fingerprint density at radius 2 is 1.45 bits per heavy atom. The third-order valence-electron chi connectivity index (χ3n) is 11.2. The van der Waals surface area contributed by atoms with Crippen molar-refractivity contribution in [2.45, 2.75) is 77.2 Å². The zero-order valence-electron chi connectivity index (χ0n) is 36.0. The minimum absolute atomic E-state index is 0. The van der Waals surface area contributed by atoms with Gasteiger partial charge in [-0.2, -0.15) is 0 Å². The third-order valence-corrected chi connectivity index (χ3v) is 15.5. The maximum absolute atomic E-state index is 6.46. The molecule has 5 aromatic carbocycles. The van der Waals surface area contributed by atoms with Gasteiger partial charge >= 0.3 is 106 Å². The Labute approximate surface area is 371 Å². The van der Waals surface area contributed by atoms with E-state index in [0.717, 1.165) is 61.3 Å². The summed E-state index contributed by atoms with van der Waals surface area (Å²) >= 11 is -1.73. The predicted octanol–water partition coefficient (Wildman–Crippen LogP) is 13.5. The van der Waals surface area contributed by atoms with Crippen LogP contribution in [0.2, 0.25) is 17.3 Å². The summed E-state index contributed by atoms with van der Waals surface area (Å²) in [5.74, 6) is 8.73. The minimum atomic E-state index is -1.73. The molecule has 0 saturated heterocycles. The molecule has 0 atom stereocenters. The summed E-state index contributed by atoms with van der Waals surface area (Å²) in [4.78, 5) is 14.4. The van der Waals surface area contributed by atoms with Crippen LogP contribution < -0.4 is 4.40 Å². The maximum Gasteiger partial charge on any atom is 0.139 e. The fourth-order valence-corrected chi connectivity index (χ4v) is 10.1. The summed E-state index contributed by atoms with van der Waals surface area (Å²) in [7, 11) is 0. The van der Waals surface area contributed by atoms with Crippen LogP contribution in [0.5, 0.6) is 0 Å². The summed E-state index contributed by atoms with van der Waals surface area (Å²) in [5.41, 5.74) is 16.4. The number of pyridine rings is 2. The second-order valence-electron chi connectivity index (χ2n) is 17.3. The Morgan fingerprint density at radius 3 is 2.10 bits per heavy atom. The SMILES string of the molecule is Cc1c[c-]c(-c2cc[c]([Ge]([CH3])([CH3])[CH3])cn2)cc1.Cc1c[c-]c(-c2nc3ccccc3n2Cc2c(C(C)C)cc(-c3ccccc3)cc2C(C)C)c2oc3cccnc3c12.[Ir]. The number of hydrogen-bond acceptors (Lipinski definition) is 4. The number of benzene rings is 5. The zero-order valence-corrected chi connectivity index (χ0v) is 40.5. The van der Waals surface area contributed by atoms with Crippen molar-refractivity contribution >= 4 is 50.8 Å². The van der Waals surface area contributed by atoms with Crippen LogP contribution in [0.4, 0.5) is 0 Å².